The monoisotopic (exact) mass is 286 g/mol. The third-order valence-corrected chi connectivity index (χ3v) is 3.08. The second-order valence-corrected chi connectivity index (χ2v) is 4.60. The maximum Gasteiger partial charge on any atom is 0.192 e. The van der Waals surface area contributed by atoms with E-state index in [0.717, 1.165) is 16.8 Å². The predicted molar refractivity (Wildman–Crippen MR) is 85.0 cm³/mol. The van der Waals surface area contributed by atoms with Crippen LogP contribution in [0.2, 0.25) is 5.02 Å². The minimum atomic E-state index is 0.307. The molecule has 2 aromatic rings. The van der Waals surface area contributed by atoms with Crippen LogP contribution in [0.4, 0.5) is 5.69 Å². The first-order valence-electron chi connectivity index (χ1n) is 6.05. The molecule has 102 valence electrons. The fraction of sp³-hybridized carbons (Fsp3) is 0.0667. The van der Waals surface area contributed by atoms with E-state index >= 15 is 0 Å². The zero-order valence-corrected chi connectivity index (χ0v) is 11.8. The van der Waals surface area contributed by atoms with Gasteiger partial charge in [0.05, 0.1) is 11.4 Å². The molecule has 0 aliphatic carbocycles. The highest BCUT2D eigenvalue weighted by Gasteiger charge is 2.10. The van der Waals surface area contributed by atoms with Gasteiger partial charge in [0.15, 0.2) is 5.96 Å². The fourth-order valence-electron chi connectivity index (χ4n) is 1.78. The molecule has 0 amide bonds. The largest absolute Gasteiger partial charge is 0.370 e. The Hall–Kier alpha value is -2.33. The van der Waals surface area contributed by atoms with Crippen molar-refractivity contribution in [2.45, 2.75) is 0 Å². The van der Waals surface area contributed by atoms with Gasteiger partial charge in [-0.15, -0.1) is 0 Å². The zero-order chi connectivity index (χ0) is 14.5. The van der Waals surface area contributed by atoms with Crippen molar-refractivity contribution in [3.05, 3.63) is 64.7 Å². The van der Waals surface area contributed by atoms with E-state index in [-0.39, 0.29) is 0 Å². The van der Waals surface area contributed by atoms with Gasteiger partial charge in [-0.1, -0.05) is 41.9 Å². The number of hydrogen-bond acceptors (Lipinski definition) is 2. The summed E-state index contributed by atoms with van der Waals surface area (Å²) >= 11 is 5.87. The van der Waals surface area contributed by atoms with Crippen molar-refractivity contribution in [2.24, 2.45) is 10.7 Å². The van der Waals surface area contributed by atoms with Gasteiger partial charge in [-0.3, -0.25) is 10.4 Å². The Morgan fingerprint density at radius 1 is 1.15 bits per heavy atom. The molecule has 0 saturated carbocycles. The summed E-state index contributed by atoms with van der Waals surface area (Å²) in [6, 6.07) is 14.7. The van der Waals surface area contributed by atoms with E-state index in [1.54, 1.807) is 19.2 Å². The normalized spacial score (nSPS) is 11.2. The summed E-state index contributed by atoms with van der Waals surface area (Å²) in [4.78, 5) is 3.86. The number of aliphatic imine (C=N–C) groups is 1. The van der Waals surface area contributed by atoms with Gasteiger partial charge in [-0.2, -0.15) is 0 Å². The number of rotatable bonds is 3. The second kappa shape index (κ2) is 6.21. The van der Waals surface area contributed by atoms with Crippen LogP contribution in [0.5, 0.6) is 0 Å². The highest BCUT2D eigenvalue weighted by Crippen LogP contribution is 2.20. The van der Waals surface area contributed by atoms with Crippen molar-refractivity contribution in [1.82, 2.24) is 0 Å². The van der Waals surface area contributed by atoms with Crippen molar-refractivity contribution in [1.29, 1.82) is 5.41 Å². The number of nitrogens with one attached hydrogen (secondary N) is 2. The van der Waals surface area contributed by atoms with Gasteiger partial charge < -0.3 is 11.1 Å². The van der Waals surface area contributed by atoms with Gasteiger partial charge in [-0.05, 0) is 18.2 Å². The molecule has 0 aliphatic heterocycles. The molecule has 0 spiro atoms. The van der Waals surface area contributed by atoms with Crippen LogP contribution in [0.25, 0.3) is 0 Å². The number of guanidine groups is 1. The van der Waals surface area contributed by atoms with Gasteiger partial charge >= 0.3 is 0 Å². The zero-order valence-electron chi connectivity index (χ0n) is 11.0. The SMILES string of the molecule is CN=C(N)Nc1ccccc1C(=N)c1ccc(Cl)cc1. The molecular formula is C15H15ClN4. The van der Waals surface area contributed by atoms with Gasteiger partial charge in [0, 0.05) is 23.2 Å². The lowest BCUT2D eigenvalue weighted by Crippen LogP contribution is -2.23. The third kappa shape index (κ3) is 3.16. The van der Waals surface area contributed by atoms with Crippen LogP contribution in [-0.2, 0) is 0 Å². The van der Waals surface area contributed by atoms with Gasteiger partial charge in [0.1, 0.15) is 0 Å². The summed E-state index contributed by atoms with van der Waals surface area (Å²) in [7, 11) is 1.61. The fourth-order valence-corrected chi connectivity index (χ4v) is 1.90. The number of hydrogen-bond donors (Lipinski definition) is 3. The topological polar surface area (TPSA) is 74.3 Å². The molecule has 2 rings (SSSR count). The number of nitrogens with two attached hydrogens (primary N) is 1. The van der Waals surface area contributed by atoms with E-state index in [9.17, 15) is 0 Å². The Kier molecular flexibility index (Phi) is 4.38. The van der Waals surface area contributed by atoms with Crippen LogP contribution < -0.4 is 11.1 Å². The van der Waals surface area contributed by atoms with E-state index in [1.165, 1.54) is 0 Å². The summed E-state index contributed by atoms with van der Waals surface area (Å²) in [5.74, 6) is 0.307. The van der Waals surface area contributed by atoms with Crippen molar-refractivity contribution in [2.75, 3.05) is 12.4 Å². The lowest BCUT2D eigenvalue weighted by molar-refractivity contribution is 1.37. The Morgan fingerprint density at radius 2 is 1.80 bits per heavy atom. The Balaban J connectivity index is 2.37. The molecule has 4 nitrogen and oxygen atoms in total. The lowest BCUT2D eigenvalue weighted by Gasteiger charge is -2.12. The van der Waals surface area contributed by atoms with Crippen molar-refractivity contribution in [3.63, 3.8) is 0 Å². The van der Waals surface area contributed by atoms with Crippen molar-refractivity contribution >= 4 is 29.0 Å². The summed E-state index contributed by atoms with van der Waals surface area (Å²) in [5, 5.41) is 12.0. The van der Waals surface area contributed by atoms with Crippen molar-refractivity contribution < 1.29 is 0 Å². The number of anilines is 1. The summed E-state index contributed by atoms with van der Waals surface area (Å²) in [6.45, 7) is 0. The highest BCUT2D eigenvalue weighted by molar-refractivity contribution is 6.30. The first kappa shape index (κ1) is 14.1. The maximum absolute atomic E-state index is 8.32. The number of benzene rings is 2. The standard InChI is InChI=1S/C15H15ClN4/c1-19-15(18)20-13-5-3-2-4-12(13)14(17)10-6-8-11(16)9-7-10/h2-9,17H,1H3,(H3,18,19,20). The molecule has 0 atom stereocenters. The van der Waals surface area contributed by atoms with Gasteiger partial charge in [-0.25, -0.2) is 0 Å². The van der Waals surface area contributed by atoms with E-state index in [2.05, 4.69) is 10.3 Å². The maximum atomic E-state index is 8.32. The number of para-hydroxylation sites is 1. The molecule has 5 heteroatoms. The van der Waals surface area contributed by atoms with Crippen LogP contribution in [0.1, 0.15) is 11.1 Å². The third-order valence-electron chi connectivity index (χ3n) is 2.83. The Labute approximate surface area is 122 Å². The van der Waals surface area contributed by atoms with E-state index < -0.39 is 0 Å². The summed E-state index contributed by atoms with van der Waals surface area (Å²) < 4.78 is 0. The van der Waals surface area contributed by atoms with Crippen LogP contribution in [0.15, 0.2) is 53.5 Å². The predicted octanol–water partition coefficient (Wildman–Crippen LogP) is 3.11. The van der Waals surface area contributed by atoms with Gasteiger partial charge in [0.25, 0.3) is 0 Å². The van der Waals surface area contributed by atoms with Gasteiger partial charge in [0.2, 0.25) is 0 Å². The average Bonchev–Trinajstić information content (AvgIpc) is 2.48. The number of halogens is 1. The molecule has 0 aromatic heterocycles. The molecule has 0 fully saturated rings. The minimum Gasteiger partial charge on any atom is -0.370 e. The molecule has 2 aromatic carbocycles. The van der Waals surface area contributed by atoms with E-state index in [4.69, 9.17) is 22.7 Å². The molecule has 0 aliphatic rings. The minimum absolute atomic E-state index is 0.307. The molecule has 0 radical (unpaired) electrons. The van der Waals surface area contributed by atoms with Crippen LogP contribution in [0.3, 0.4) is 0 Å². The van der Waals surface area contributed by atoms with Crippen LogP contribution in [0, 0.1) is 5.41 Å². The highest BCUT2D eigenvalue weighted by atomic mass is 35.5. The molecule has 20 heavy (non-hydrogen) atoms. The smallest absolute Gasteiger partial charge is 0.192 e. The first-order chi connectivity index (χ1) is 9.61. The second-order valence-electron chi connectivity index (χ2n) is 4.16. The van der Waals surface area contributed by atoms with Crippen LogP contribution in [-0.4, -0.2) is 18.7 Å². The van der Waals surface area contributed by atoms with Crippen LogP contribution >= 0.6 is 11.6 Å². The average molecular weight is 287 g/mol. The summed E-state index contributed by atoms with van der Waals surface area (Å²) in [5.41, 5.74) is 8.37. The Morgan fingerprint density at radius 3 is 2.45 bits per heavy atom. The quantitative estimate of drug-likeness (QED) is 0.599. The molecule has 0 bridgehead atoms. The molecule has 0 heterocycles. The molecular weight excluding hydrogens is 272 g/mol. The lowest BCUT2D eigenvalue weighted by atomic mass is 10.0. The summed E-state index contributed by atoms with van der Waals surface area (Å²) in [6.07, 6.45) is 0. The molecule has 0 unspecified atom stereocenters. The molecule has 4 N–H and O–H groups in total. The molecule has 0 saturated heterocycles. The van der Waals surface area contributed by atoms with E-state index in [1.807, 2.05) is 36.4 Å². The van der Waals surface area contributed by atoms with Crippen molar-refractivity contribution in [3.8, 4) is 0 Å². The Bertz CT molecular complexity index is 647. The number of nitrogens with zero attached hydrogens (tertiary/aromatic N) is 1. The van der Waals surface area contributed by atoms with E-state index in [0.29, 0.717) is 16.7 Å². The first-order valence-corrected chi connectivity index (χ1v) is 6.43.